The number of hydrogen-bond donors (Lipinski definition) is 1. The first kappa shape index (κ1) is 15.7. The van der Waals surface area contributed by atoms with Crippen LogP contribution < -0.4 is 10.9 Å². The molecule has 0 saturated heterocycles. The number of hydrogen-bond acceptors (Lipinski definition) is 5. The van der Waals surface area contributed by atoms with E-state index in [9.17, 15) is 4.79 Å². The molecule has 0 radical (unpaired) electrons. The monoisotopic (exact) mass is 354 g/mol. The fourth-order valence-corrected chi connectivity index (χ4v) is 2.44. The number of nitrogens with zero attached hydrogens (tertiary/aromatic N) is 5. The number of rotatable bonds is 6. The maximum atomic E-state index is 12.2. The highest BCUT2D eigenvalue weighted by molar-refractivity contribution is 9.10. The minimum Gasteiger partial charge on any atom is -0.373 e. The molecule has 8 heteroatoms. The van der Waals surface area contributed by atoms with Crippen LogP contribution >= 0.6 is 15.9 Å². The highest BCUT2D eigenvalue weighted by Gasteiger charge is 2.15. The Labute approximate surface area is 131 Å². The Balaban J connectivity index is 2.20. The van der Waals surface area contributed by atoms with Crippen LogP contribution in [0, 0.1) is 0 Å². The van der Waals surface area contributed by atoms with Crippen molar-refractivity contribution in [2.75, 3.05) is 5.32 Å². The highest BCUT2D eigenvalue weighted by Crippen LogP contribution is 2.21. The second-order valence-corrected chi connectivity index (χ2v) is 5.71. The SMILES string of the molecule is CCCCn1ncc(NC(C)c2nncn2C)c(Br)c1=O. The van der Waals surface area contributed by atoms with Gasteiger partial charge in [-0.2, -0.15) is 5.10 Å². The van der Waals surface area contributed by atoms with Gasteiger partial charge in [0.25, 0.3) is 5.56 Å². The van der Waals surface area contributed by atoms with Gasteiger partial charge in [-0.05, 0) is 29.3 Å². The zero-order valence-electron chi connectivity index (χ0n) is 12.4. The molecular weight excluding hydrogens is 336 g/mol. The molecule has 0 aromatic carbocycles. The summed E-state index contributed by atoms with van der Waals surface area (Å²) < 4.78 is 3.80. The Morgan fingerprint density at radius 1 is 1.48 bits per heavy atom. The van der Waals surface area contributed by atoms with E-state index in [1.807, 2.05) is 18.5 Å². The van der Waals surface area contributed by atoms with E-state index in [2.05, 4.69) is 43.5 Å². The van der Waals surface area contributed by atoms with Crippen LogP contribution in [-0.4, -0.2) is 24.5 Å². The van der Waals surface area contributed by atoms with Crippen molar-refractivity contribution in [1.29, 1.82) is 0 Å². The van der Waals surface area contributed by atoms with E-state index in [0.29, 0.717) is 16.7 Å². The van der Waals surface area contributed by atoms with E-state index in [0.717, 1.165) is 18.7 Å². The zero-order valence-corrected chi connectivity index (χ0v) is 14.0. The summed E-state index contributed by atoms with van der Waals surface area (Å²) in [5.41, 5.74) is 0.530. The van der Waals surface area contributed by atoms with Crippen LogP contribution in [0.2, 0.25) is 0 Å². The van der Waals surface area contributed by atoms with Crippen molar-refractivity contribution in [3.05, 3.63) is 33.2 Å². The van der Waals surface area contributed by atoms with Gasteiger partial charge >= 0.3 is 0 Å². The third kappa shape index (κ3) is 3.49. The summed E-state index contributed by atoms with van der Waals surface area (Å²) >= 11 is 3.35. The van der Waals surface area contributed by atoms with E-state index in [4.69, 9.17) is 0 Å². The fraction of sp³-hybridized carbons (Fsp3) is 0.538. The number of halogens is 1. The van der Waals surface area contributed by atoms with Gasteiger partial charge in [0, 0.05) is 13.6 Å². The Morgan fingerprint density at radius 2 is 2.24 bits per heavy atom. The van der Waals surface area contributed by atoms with Gasteiger partial charge in [-0.3, -0.25) is 4.79 Å². The number of aromatic nitrogens is 5. The molecule has 0 aliphatic carbocycles. The van der Waals surface area contributed by atoms with Crippen molar-refractivity contribution in [2.24, 2.45) is 7.05 Å². The molecule has 2 aromatic rings. The summed E-state index contributed by atoms with van der Waals surface area (Å²) in [6.07, 6.45) is 5.26. The second kappa shape index (κ2) is 6.84. The van der Waals surface area contributed by atoms with Gasteiger partial charge in [-0.15, -0.1) is 10.2 Å². The second-order valence-electron chi connectivity index (χ2n) is 4.92. The summed E-state index contributed by atoms with van der Waals surface area (Å²) in [5, 5.41) is 15.3. The minimum atomic E-state index is -0.126. The van der Waals surface area contributed by atoms with Gasteiger partial charge in [-0.1, -0.05) is 13.3 Å². The lowest BCUT2D eigenvalue weighted by atomic mass is 10.3. The molecule has 0 spiro atoms. The van der Waals surface area contributed by atoms with Crippen molar-refractivity contribution < 1.29 is 0 Å². The molecule has 0 aliphatic rings. The Morgan fingerprint density at radius 3 is 2.86 bits per heavy atom. The predicted octanol–water partition coefficient (Wildman–Crippen LogP) is 2.11. The molecule has 1 unspecified atom stereocenters. The van der Waals surface area contributed by atoms with Crippen LogP contribution in [0.5, 0.6) is 0 Å². The average molecular weight is 355 g/mol. The third-order valence-electron chi connectivity index (χ3n) is 3.21. The maximum absolute atomic E-state index is 12.2. The Bertz CT molecular complexity index is 665. The van der Waals surface area contributed by atoms with Crippen molar-refractivity contribution in [3.8, 4) is 0 Å². The van der Waals surface area contributed by atoms with Crippen LogP contribution in [0.4, 0.5) is 5.69 Å². The van der Waals surface area contributed by atoms with E-state index < -0.39 is 0 Å². The van der Waals surface area contributed by atoms with Gasteiger partial charge in [0.1, 0.15) is 10.8 Å². The van der Waals surface area contributed by atoms with Crippen LogP contribution in [0.25, 0.3) is 0 Å². The predicted molar refractivity (Wildman–Crippen MR) is 84.1 cm³/mol. The summed E-state index contributed by atoms with van der Waals surface area (Å²) in [4.78, 5) is 12.2. The minimum absolute atomic E-state index is 0.0820. The number of nitrogens with one attached hydrogen (secondary N) is 1. The first-order valence-electron chi connectivity index (χ1n) is 6.90. The molecule has 0 bridgehead atoms. The molecule has 0 aliphatic heterocycles. The molecular formula is C13H19BrN6O. The van der Waals surface area contributed by atoms with E-state index in [1.54, 1.807) is 12.5 Å². The summed E-state index contributed by atoms with van der Waals surface area (Å²) in [6, 6.07) is -0.0820. The Hall–Kier alpha value is -1.70. The van der Waals surface area contributed by atoms with Gasteiger partial charge in [0.2, 0.25) is 0 Å². The standard InChI is InChI=1S/C13H19BrN6O/c1-4-5-6-20-13(21)11(14)10(7-16-20)17-9(2)12-18-15-8-19(12)3/h7-9,17H,4-6H2,1-3H3. The van der Waals surface area contributed by atoms with Crippen molar-refractivity contribution in [1.82, 2.24) is 24.5 Å². The van der Waals surface area contributed by atoms with Gasteiger partial charge in [0.15, 0.2) is 5.82 Å². The summed E-state index contributed by atoms with van der Waals surface area (Å²) in [5.74, 6) is 0.789. The lowest BCUT2D eigenvalue weighted by Gasteiger charge is -2.15. The smallest absolute Gasteiger partial charge is 0.283 e. The number of anilines is 1. The van der Waals surface area contributed by atoms with Crippen LogP contribution in [0.15, 0.2) is 21.8 Å². The largest absolute Gasteiger partial charge is 0.373 e. The average Bonchev–Trinajstić information content (AvgIpc) is 2.89. The van der Waals surface area contributed by atoms with Crippen molar-refractivity contribution in [3.63, 3.8) is 0 Å². The number of aryl methyl sites for hydroxylation is 2. The first-order chi connectivity index (χ1) is 10.0. The van der Waals surface area contributed by atoms with Gasteiger partial charge in [-0.25, -0.2) is 4.68 Å². The molecule has 0 fully saturated rings. The maximum Gasteiger partial charge on any atom is 0.283 e. The molecule has 2 heterocycles. The lowest BCUT2D eigenvalue weighted by Crippen LogP contribution is -2.25. The summed E-state index contributed by atoms with van der Waals surface area (Å²) in [7, 11) is 1.88. The first-order valence-corrected chi connectivity index (χ1v) is 7.70. The summed E-state index contributed by atoms with van der Waals surface area (Å²) in [6.45, 7) is 4.67. The molecule has 1 N–H and O–H groups in total. The van der Waals surface area contributed by atoms with Crippen molar-refractivity contribution >= 4 is 21.6 Å². The van der Waals surface area contributed by atoms with Gasteiger partial charge in [0.05, 0.1) is 17.9 Å². The highest BCUT2D eigenvalue weighted by atomic mass is 79.9. The van der Waals surface area contributed by atoms with Crippen LogP contribution in [-0.2, 0) is 13.6 Å². The van der Waals surface area contributed by atoms with Gasteiger partial charge < -0.3 is 9.88 Å². The lowest BCUT2D eigenvalue weighted by molar-refractivity contribution is 0.540. The van der Waals surface area contributed by atoms with Crippen molar-refractivity contribution in [2.45, 2.75) is 39.3 Å². The van der Waals surface area contributed by atoms with E-state index in [1.165, 1.54) is 4.68 Å². The number of unbranched alkanes of at least 4 members (excludes halogenated alkanes) is 1. The molecule has 7 nitrogen and oxygen atoms in total. The molecule has 21 heavy (non-hydrogen) atoms. The molecule has 1 atom stereocenters. The Kier molecular flexibility index (Phi) is 5.11. The quantitative estimate of drug-likeness (QED) is 0.859. The van der Waals surface area contributed by atoms with Crippen LogP contribution in [0.1, 0.15) is 38.6 Å². The molecule has 2 rings (SSSR count). The van der Waals surface area contributed by atoms with E-state index in [-0.39, 0.29) is 11.6 Å². The van der Waals surface area contributed by atoms with E-state index >= 15 is 0 Å². The normalized spacial score (nSPS) is 12.4. The third-order valence-corrected chi connectivity index (χ3v) is 3.98. The topological polar surface area (TPSA) is 77.6 Å². The molecule has 2 aromatic heterocycles. The molecule has 114 valence electrons. The molecule has 0 amide bonds. The van der Waals surface area contributed by atoms with Crippen LogP contribution in [0.3, 0.4) is 0 Å². The fourth-order valence-electron chi connectivity index (χ4n) is 2.01. The molecule has 0 saturated carbocycles. The zero-order chi connectivity index (χ0) is 15.4.